The van der Waals surface area contributed by atoms with Gasteiger partial charge >= 0.3 is 0 Å². The molecular weight excluding hydrogens is 214 g/mol. The number of imidazole rings is 1. The summed E-state index contributed by atoms with van der Waals surface area (Å²) in [5.41, 5.74) is 1.79. The molecule has 0 atom stereocenters. The van der Waals surface area contributed by atoms with E-state index in [2.05, 4.69) is 26.4 Å². The van der Waals surface area contributed by atoms with E-state index in [9.17, 15) is 0 Å². The average Bonchev–Trinajstić information content (AvgIpc) is 2.98. The Morgan fingerprint density at radius 3 is 2.82 bits per heavy atom. The van der Waals surface area contributed by atoms with Gasteiger partial charge in [-0.25, -0.2) is 15.0 Å². The zero-order valence-corrected chi connectivity index (χ0v) is 9.71. The number of hydrogen-bond acceptors (Lipinski definition) is 4. The van der Waals surface area contributed by atoms with Crippen LogP contribution in [0.25, 0.3) is 11.2 Å². The maximum absolute atomic E-state index is 4.43. The molecule has 1 fully saturated rings. The summed E-state index contributed by atoms with van der Waals surface area (Å²) in [5, 5.41) is 0. The predicted octanol–water partition coefficient (Wildman–Crippen LogP) is 1.61. The highest BCUT2D eigenvalue weighted by Crippen LogP contribution is 2.24. The Morgan fingerprint density at radius 1 is 1.24 bits per heavy atom. The topological polar surface area (TPSA) is 46.8 Å². The zero-order chi connectivity index (χ0) is 11.7. The van der Waals surface area contributed by atoms with E-state index in [1.54, 1.807) is 12.7 Å². The van der Waals surface area contributed by atoms with E-state index in [1.165, 1.54) is 12.8 Å². The molecule has 0 bridgehead atoms. The van der Waals surface area contributed by atoms with Crippen LogP contribution in [0.15, 0.2) is 25.3 Å². The predicted molar refractivity (Wildman–Crippen MR) is 67.0 cm³/mol. The van der Waals surface area contributed by atoms with Crippen molar-refractivity contribution in [1.29, 1.82) is 0 Å². The zero-order valence-electron chi connectivity index (χ0n) is 9.71. The van der Waals surface area contributed by atoms with Crippen LogP contribution in [0, 0.1) is 0 Å². The van der Waals surface area contributed by atoms with Crippen LogP contribution in [0.1, 0.15) is 12.8 Å². The Labute approximate surface area is 99.8 Å². The number of nitrogens with zero attached hydrogens (tertiary/aromatic N) is 5. The van der Waals surface area contributed by atoms with Gasteiger partial charge in [-0.05, 0) is 12.8 Å². The Morgan fingerprint density at radius 2 is 2.06 bits per heavy atom. The molecule has 3 heterocycles. The first-order valence-electron chi connectivity index (χ1n) is 5.92. The van der Waals surface area contributed by atoms with E-state index in [-0.39, 0.29) is 0 Å². The Hall–Kier alpha value is -1.91. The van der Waals surface area contributed by atoms with E-state index in [4.69, 9.17) is 0 Å². The van der Waals surface area contributed by atoms with Crippen molar-refractivity contribution in [3.63, 3.8) is 0 Å². The molecule has 5 heteroatoms. The summed E-state index contributed by atoms with van der Waals surface area (Å²) in [7, 11) is 0. The number of hydrogen-bond donors (Lipinski definition) is 0. The van der Waals surface area contributed by atoms with Crippen LogP contribution in [-0.2, 0) is 6.54 Å². The molecule has 0 saturated carbocycles. The van der Waals surface area contributed by atoms with Gasteiger partial charge in [0.2, 0.25) is 0 Å². The van der Waals surface area contributed by atoms with Gasteiger partial charge in [-0.1, -0.05) is 6.08 Å². The average molecular weight is 229 g/mol. The molecule has 1 aliphatic rings. The molecular formula is C12H15N5. The normalized spacial score (nSPS) is 15.6. The third kappa shape index (κ3) is 1.67. The highest BCUT2D eigenvalue weighted by Gasteiger charge is 2.18. The number of fused-ring (bicyclic) bond motifs is 1. The monoisotopic (exact) mass is 229 g/mol. The third-order valence-corrected chi connectivity index (χ3v) is 3.11. The molecule has 0 aromatic carbocycles. The minimum absolute atomic E-state index is 0.729. The molecule has 5 nitrogen and oxygen atoms in total. The van der Waals surface area contributed by atoms with Crippen molar-refractivity contribution in [2.24, 2.45) is 0 Å². The lowest BCUT2D eigenvalue weighted by atomic mass is 10.4. The van der Waals surface area contributed by atoms with Gasteiger partial charge in [0.05, 0.1) is 6.33 Å². The first-order valence-corrected chi connectivity index (χ1v) is 5.92. The summed E-state index contributed by atoms with van der Waals surface area (Å²) < 4.78 is 1.99. The van der Waals surface area contributed by atoms with Crippen molar-refractivity contribution >= 4 is 17.0 Å². The van der Waals surface area contributed by atoms with Gasteiger partial charge in [0.15, 0.2) is 17.0 Å². The molecule has 3 rings (SSSR count). The minimum atomic E-state index is 0.729. The molecule has 1 aliphatic heterocycles. The largest absolute Gasteiger partial charge is 0.355 e. The summed E-state index contributed by atoms with van der Waals surface area (Å²) in [4.78, 5) is 15.4. The molecule has 0 radical (unpaired) electrons. The maximum atomic E-state index is 4.43. The van der Waals surface area contributed by atoms with E-state index in [0.717, 1.165) is 36.6 Å². The van der Waals surface area contributed by atoms with Crippen LogP contribution >= 0.6 is 0 Å². The van der Waals surface area contributed by atoms with Crippen LogP contribution in [0.2, 0.25) is 0 Å². The lowest BCUT2D eigenvalue weighted by molar-refractivity contribution is 0.837. The number of aromatic nitrogens is 4. The third-order valence-electron chi connectivity index (χ3n) is 3.11. The van der Waals surface area contributed by atoms with E-state index in [1.807, 2.05) is 10.6 Å². The second kappa shape index (κ2) is 4.16. The van der Waals surface area contributed by atoms with Crippen LogP contribution in [-0.4, -0.2) is 32.6 Å². The summed E-state index contributed by atoms with van der Waals surface area (Å²) in [6.45, 7) is 6.61. The van der Waals surface area contributed by atoms with Gasteiger partial charge in [-0.3, -0.25) is 0 Å². The van der Waals surface area contributed by atoms with Crippen molar-refractivity contribution < 1.29 is 0 Å². The van der Waals surface area contributed by atoms with E-state index in [0.29, 0.717) is 0 Å². The summed E-state index contributed by atoms with van der Waals surface area (Å²) in [6.07, 6.45) is 7.74. The smallest absolute Gasteiger partial charge is 0.165 e. The molecule has 0 aliphatic carbocycles. The van der Waals surface area contributed by atoms with Crippen molar-refractivity contribution in [2.75, 3.05) is 18.0 Å². The Bertz CT molecular complexity index is 539. The van der Waals surface area contributed by atoms with Gasteiger partial charge in [0, 0.05) is 19.6 Å². The van der Waals surface area contributed by atoms with Gasteiger partial charge in [0.1, 0.15) is 6.33 Å². The quantitative estimate of drug-likeness (QED) is 0.750. The molecule has 2 aromatic rings. The highest BCUT2D eigenvalue weighted by molar-refractivity contribution is 5.83. The van der Waals surface area contributed by atoms with Crippen molar-refractivity contribution in [2.45, 2.75) is 19.4 Å². The first-order chi connectivity index (χ1) is 8.40. The Balaban J connectivity index is 2.09. The second-order valence-electron chi connectivity index (χ2n) is 4.25. The lowest BCUT2D eigenvalue weighted by Gasteiger charge is -2.15. The maximum Gasteiger partial charge on any atom is 0.165 e. The van der Waals surface area contributed by atoms with Crippen LogP contribution in [0.3, 0.4) is 0 Å². The molecule has 88 valence electrons. The van der Waals surface area contributed by atoms with Crippen LogP contribution < -0.4 is 4.90 Å². The number of anilines is 1. The van der Waals surface area contributed by atoms with Gasteiger partial charge in [-0.15, -0.1) is 6.58 Å². The van der Waals surface area contributed by atoms with E-state index < -0.39 is 0 Å². The SMILES string of the molecule is C=CCn1cnc2c(N3CCCC3)ncnc21. The highest BCUT2D eigenvalue weighted by atomic mass is 15.2. The van der Waals surface area contributed by atoms with Crippen LogP contribution in [0.5, 0.6) is 0 Å². The van der Waals surface area contributed by atoms with Gasteiger partial charge < -0.3 is 9.47 Å². The number of rotatable bonds is 3. The molecule has 0 unspecified atom stereocenters. The number of allylic oxidation sites excluding steroid dienone is 1. The molecule has 0 amide bonds. The Kier molecular flexibility index (Phi) is 2.51. The summed E-state index contributed by atoms with van der Waals surface area (Å²) >= 11 is 0. The summed E-state index contributed by atoms with van der Waals surface area (Å²) in [5.74, 6) is 0.968. The lowest BCUT2D eigenvalue weighted by Crippen LogP contribution is -2.19. The fourth-order valence-electron chi connectivity index (χ4n) is 2.30. The molecule has 2 aromatic heterocycles. The molecule has 17 heavy (non-hydrogen) atoms. The second-order valence-corrected chi connectivity index (χ2v) is 4.25. The fourth-order valence-corrected chi connectivity index (χ4v) is 2.30. The summed E-state index contributed by atoms with van der Waals surface area (Å²) in [6, 6.07) is 0. The molecule has 1 saturated heterocycles. The standard InChI is InChI=1S/C12H15N5/c1-2-5-17-9-15-10-11(13-8-14-12(10)17)16-6-3-4-7-16/h2,8-9H,1,3-7H2. The van der Waals surface area contributed by atoms with Crippen LogP contribution in [0.4, 0.5) is 5.82 Å². The molecule has 0 spiro atoms. The first kappa shape index (κ1) is 10.3. The molecule has 0 N–H and O–H groups in total. The van der Waals surface area contributed by atoms with E-state index >= 15 is 0 Å². The van der Waals surface area contributed by atoms with Crippen molar-refractivity contribution in [3.05, 3.63) is 25.3 Å². The minimum Gasteiger partial charge on any atom is -0.355 e. The van der Waals surface area contributed by atoms with Gasteiger partial charge in [-0.2, -0.15) is 0 Å². The fraction of sp³-hybridized carbons (Fsp3) is 0.417. The van der Waals surface area contributed by atoms with Gasteiger partial charge in [0.25, 0.3) is 0 Å². The van der Waals surface area contributed by atoms with Crippen molar-refractivity contribution in [3.8, 4) is 0 Å². The van der Waals surface area contributed by atoms with Crippen molar-refractivity contribution in [1.82, 2.24) is 19.5 Å².